The molecule has 0 atom stereocenters. The number of hydrogen-bond acceptors (Lipinski definition) is 0. The van der Waals surface area contributed by atoms with Crippen LogP contribution in [0.3, 0.4) is 0 Å². The van der Waals surface area contributed by atoms with Crippen LogP contribution in [0, 0.1) is 11.7 Å². The Balaban J connectivity index is 2.66. The summed E-state index contributed by atoms with van der Waals surface area (Å²) in [5, 5.41) is 0. The molecule has 0 amide bonds. The van der Waals surface area contributed by atoms with Crippen molar-refractivity contribution in [1.82, 2.24) is 0 Å². The van der Waals surface area contributed by atoms with Crippen LogP contribution >= 0.6 is 0 Å². The van der Waals surface area contributed by atoms with Crippen molar-refractivity contribution in [3.05, 3.63) is 77.3 Å². The number of hydrogen-bond donors (Lipinski definition) is 0. The summed E-state index contributed by atoms with van der Waals surface area (Å²) in [7, 11) is 0. The topological polar surface area (TPSA) is 0 Å². The predicted octanol–water partition coefficient (Wildman–Crippen LogP) is 6.76. The maximum atomic E-state index is 3.79. The normalized spacial score (nSPS) is 12.0. The van der Waals surface area contributed by atoms with Crippen molar-refractivity contribution in [2.45, 2.75) is 49.7 Å². The molecule has 0 saturated carbocycles. The molecular weight excluding hydrogens is 418 g/mol. The van der Waals surface area contributed by atoms with Crippen molar-refractivity contribution in [2.75, 3.05) is 0 Å². The van der Waals surface area contributed by atoms with Crippen molar-refractivity contribution < 1.29 is 0 Å². The summed E-state index contributed by atoms with van der Waals surface area (Å²) in [6.07, 6.45) is 2.56. The third-order valence-electron chi connectivity index (χ3n) is 5.59. The Morgan fingerprint density at radius 3 is 1.85 bits per heavy atom. The van der Waals surface area contributed by atoms with Gasteiger partial charge in [-0.15, -0.1) is 0 Å². The molecule has 0 radical (unpaired) electrons. The van der Waals surface area contributed by atoms with E-state index in [1.807, 2.05) is 0 Å². The third-order valence-corrected chi connectivity index (χ3v) is 10.2. The van der Waals surface area contributed by atoms with Crippen LogP contribution in [0.15, 0.2) is 66.1 Å². The molecular formula is C24H31BSn. The maximum absolute atomic E-state index is 3.79. The third kappa shape index (κ3) is 4.86. The van der Waals surface area contributed by atoms with Crippen LogP contribution in [0.25, 0.3) is 3.59 Å². The first-order chi connectivity index (χ1) is 12.6. The molecule has 0 aliphatic rings. The first-order valence-corrected chi connectivity index (χ1v) is 17.1. The van der Waals surface area contributed by atoms with Crippen molar-refractivity contribution >= 4 is 29.5 Å². The molecule has 0 heterocycles. The van der Waals surface area contributed by atoms with Crippen molar-refractivity contribution in [3.63, 3.8) is 0 Å². The Morgan fingerprint density at radius 2 is 1.38 bits per heavy atom. The fourth-order valence-corrected chi connectivity index (χ4v) is 9.31. The molecule has 2 aromatic rings. The molecule has 0 aromatic heterocycles. The van der Waals surface area contributed by atoms with E-state index < -0.39 is 25.9 Å². The van der Waals surface area contributed by atoms with Gasteiger partial charge in [0.1, 0.15) is 0 Å². The minimum atomic E-state index is -1.60. The molecule has 26 heavy (non-hydrogen) atoms. The van der Waals surface area contributed by atoms with Gasteiger partial charge in [-0.1, -0.05) is 0 Å². The van der Waals surface area contributed by atoms with E-state index in [4.69, 9.17) is 0 Å². The molecule has 0 nitrogen and oxygen atoms in total. The zero-order valence-corrected chi connectivity index (χ0v) is 19.8. The SMILES string of the molecule is CC/C(=[C](\c1ccccc1)[Sn+]([CH3])[CH3])[B-](C#Cc1ccccc1)(CC)CC. The fourth-order valence-electron chi connectivity index (χ4n) is 4.06. The average molecular weight is 449 g/mol. The van der Waals surface area contributed by atoms with Crippen LogP contribution < -0.4 is 0 Å². The molecule has 2 rings (SSSR count). The Labute approximate surface area is 167 Å². The summed E-state index contributed by atoms with van der Waals surface area (Å²) in [6, 6.07) is 21.5. The van der Waals surface area contributed by atoms with E-state index in [9.17, 15) is 0 Å². The summed E-state index contributed by atoms with van der Waals surface area (Å²) < 4.78 is 1.70. The van der Waals surface area contributed by atoms with Gasteiger partial charge in [0.2, 0.25) is 0 Å². The minimum absolute atomic E-state index is 0.820. The summed E-state index contributed by atoms with van der Waals surface area (Å²) in [5.41, 5.74) is 4.23. The summed E-state index contributed by atoms with van der Waals surface area (Å²) >= 11 is -1.60. The number of rotatable bonds is 6. The van der Waals surface area contributed by atoms with Gasteiger partial charge >= 0.3 is 168 Å². The van der Waals surface area contributed by atoms with Crippen molar-refractivity contribution in [3.8, 4) is 11.7 Å². The summed E-state index contributed by atoms with van der Waals surface area (Å²) in [5.74, 6) is 7.30. The molecule has 2 aromatic carbocycles. The van der Waals surface area contributed by atoms with E-state index >= 15 is 0 Å². The zero-order chi connectivity index (χ0) is 19.0. The number of benzene rings is 2. The summed E-state index contributed by atoms with van der Waals surface area (Å²) in [4.78, 5) is 5.02. The molecule has 0 N–H and O–H groups in total. The van der Waals surface area contributed by atoms with Gasteiger partial charge in [-0.3, -0.25) is 0 Å². The van der Waals surface area contributed by atoms with Gasteiger partial charge in [-0.2, -0.15) is 0 Å². The van der Waals surface area contributed by atoms with Crippen molar-refractivity contribution in [1.29, 1.82) is 0 Å². The molecule has 2 heteroatoms. The second-order valence-corrected chi connectivity index (χ2v) is 14.5. The van der Waals surface area contributed by atoms with E-state index in [0.717, 1.165) is 24.6 Å². The van der Waals surface area contributed by atoms with Crippen LogP contribution in [-0.4, -0.2) is 25.9 Å². The Bertz CT molecular complexity index is 775. The van der Waals surface area contributed by atoms with Crippen LogP contribution in [-0.2, 0) is 0 Å². The van der Waals surface area contributed by atoms with E-state index in [2.05, 4.69) is 103 Å². The van der Waals surface area contributed by atoms with Crippen molar-refractivity contribution in [2.24, 2.45) is 0 Å². The molecule has 0 spiro atoms. The van der Waals surface area contributed by atoms with Gasteiger partial charge < -0.3 is 0 Å². The molecule has 0 aliphatic carbocycles. The zero-order valence-electron chi connectivity index (χ0n) is 17.0. The Morgan fingerprint density at radius 1 is 0.846 bits per heavy atom. The standard InChI is InChI=1S/C22H25B.2CH3.Sn/c1-4-22(19-21-15-11-8-12-16-21)23(5-2,6-3)18-17-20-13-9-7-10-14-20;;;/h7-16H,4-6H2,1-3H3;2*1H3;/q-1;;;+1. The van der Waals surface area contributed by atoms with Crippen LogP contribution in [0.1, 0.15) is 38.3 Å². The second-order valence-electron chi connectivity index (χ2n) is 7.32. The van der Waals surface area contributed by atoms with Gasteiger partial charge in [-0.25, -0.2) is 0 Å². The van der Waals surface area contributed by atoms with Gasteiger partial charge in [0.25, 0.3) is 0 Å². The van der Waals surface area contributed by atoms with Crippen LogP contribution in [0.4, 0.5) is 0 Å². The molecule has 0 aliphatic heterocycles. The second kappa shape index (κ2) is 10.1. The predicted molar refractivity (Wildman–Crippen MR) is 121 cm³/mol. The van der Waals surface area contributed by atoms with Crippen LogP contribution in [0.2, 0.25) is 22.5 Å². The van der Waals surface area contributed by atoms with E-state index in [-0.39, 0.29) is 0 Å². The van der Waals surface area contributed by atoms with Gasteiger partial charge in [0, 0.05) is 0 Å². The molecule has 0 saturated heterocycles. The molecule has 0 unspecified atom stereocenters. The average Bonchev–Trinajstić information content (AvgIpc) is 2.69. The first-order valence-electron chi connectivity index (χ1n) is 9.94. The number of allylic oxidation sites excluding steroid dienone is 1. The van der Waals surface area contributed by atoms with Gasteiger partial charge in [0.05, 0.1) is 0 Å². The van der Waals surface area contributed by atoms with Gasteiger partial charge in [-0.05, 0) is 0 Å². The van der Waals surface area contributed by atoms with Crippen LogP contribution in [0.5, 0.6) is 0 Å². The van der Waals surface area contributed by atoms with Gasteiger partial charge in [0.15, 0.2) is 0 Å². The Kier molecular flexibility index (Phi) is 8.10. The fraction of sp³-hybridized carbons (Fsp3) is 0.333. The summed E-state index contributed by atoms with van der Waals surface area (Å²) in [6.45, 7) is 6.99. The molecule has 0 fully saturated rings. The molecule has 0 bridgehead atoms. The monoisotopic (exact) mass is 450 g/mol. The van der Waals surface area contributed by atoms with E-state index in [0.29, 0.717) is 0 Å². The Hall–Kier alpha value is -1.40. The first kappa shape index (κ1) is 20.9. The van der Waals surface area contributed by atoms with E-state index in [1.165, 1.54) is 5.56 Å². The van der Waals surface area contributed by atoms with E-state index in [1.54, 1.807) is 9.06 Å². The quantitative estimate of drug-likeness (QED) is 0.338. The molecule has 134 valence electrons.